The van der Waals surface area contributed by atoms with Crippen molar-refractivity contribution in [2.75, 3.05) is 17.2 Å². The predicted molar refractivity (Wildman–Crippen MR) is 84.4 cm³/mol. The first-order chi connectivity index (χ1) is 9.83. The second kappa shape index (κ2) is 6.24. The Balaban J connectivity index is 1.89. The molecule has 2 heterocycles. The van der Waals surface area contributed by atoms with E-state index in [1.807, 2.05) is 24.3 Å². The lowest BCUT2D eigenvalue weighted by Gasteiger charge is -2.23. The Labute approximate surface area is 126 Å². The van der Waals surface area contributed by atoms with Gasteiger partial charge in [-0.2, -0.15) is 0 Å². The van der Waals surface area contributed by atoms with Crippen LogP contribution in [0.25, 0.3) is 0 Å². The molecule has 0 radical (unpaired) electrons. The van der Waals surface area contributed by atoms with Gasteiger partial charge in [-0.1, -0.05) is 23.4 Å². The number of thioether (sulfide) groups is 1. The summed E-state index contributed by atoms with van der Waals surface area (Å²) in [7, 11) is 0. The molecule has 3 rings (SSSR count). The highest BCUT2D eigenvalue weighted by molar-refractivity contribution is 8.14. The molecule has 0 saturated heterocycles. The fourth-order valence-electron chi connectivity index (χ4n) is 1.95. The highest BCUT2D eigenvalue weighted by Gasteiger charge is 2.18. The minimum Gasteiger partial charge on any atom is -0.315 e. The molecule has 2 aromatic rings. The van der Waals surface area contributed by atoms with Crippen LogP contribution in [0.15, 0.2) is 47.8 Å². The van der Waals surface area contributed by atoms with Gasteiger partial charge >= 0.3 is 0 Å². The van der Waals surface area contributed by atoms with Gasteiger partial charge < -0.3 is 4.90 Å². The molecule has 102 valence electrons. The Hall–Kier alpha value is -1.59. The minimum atomic E-state index is 0.654. The molecule has 6 heteroatoms. The summed E-state index contributed by atoms with van der Waals surface area (Å²) in [6, 6.07) is 7.78. The Bertz CT molecular complexity index is 600. The molecular weight excluding hydrogens is 292 g/mol. The molecule has 0 saturated carbocycles. The third-order valence-electron chi connectivity index (χ3n) is 2.88. The zero-order chi connectivity index (χ0) is 13.8. The first-order valence-corrected chi connectivity index (χ1v) is 7.64. The fourth-order valence-corrected chi connectivity index (χ4v) is 2.95. The largest absolute Gasteiger partial charge is 0.315 e. The lowest BCUT2D eigenvalue weighted by atomic mass is 10.3. The third kappa shape index (κ3) is 3.11. The molecule has 0 bridgehead atoms. The number of rotatable bonds is 3. The first kappa shape index (κ1) is 13.4. The zero-order valence-electron chi connectivity index (χ0n) is 10.7. The summed E-state index contributed by atoms with van der Waals surface area (Å²) in [5, 5.41) is 1.76. The smallest absolute Gasteiger partial charge is 0.164 e. The standard InChI is InChI=1S/C14H13ClN4S/c15-11-1-3-13(4-2-11)19(14-18-7-8-20-14)10-12-9-16-5-6-17-12/h1-6,9H,7-8,10H2. The zero-order valence-corrected chi connectivity index (χ0v) is 12.3. The maximum Gasteiger partial charge on any atom is 0.164 e. The summed E-state index contributed by atoms with van der Waals surface area (Å²) in [5.41, 5.74) is 1.98. The molecule has 0 atom stereocenters. The van der Waals surface area contributed by atoms with Crippen molar-refractivity contribution in [3.05, 3.63) is 53.6 Å². The second-order valence-corrected chi connectivity index (χ2v) is 5.77. The summed E-state index contributed by atoms with van der Waals surface area (Å²) in [5.74, 6) is 1.03. The van der Waals surface area contributed by atoms with Gasteiger partial charge in [0.25, 0.3) is 0 Å². The van der Waals surface area contributed by atoms with Gasteiger partial charge in [0.1, 0.15) is 0 Å². The van der Waals surface area contributed by atoms with Gasteiger partial charge in [0, 0.05) is 28.9 Å². The third-order valence-corrected chi connectivity index (χ3v) is 4.12. The molecule has 1 aliphatic heterocycles. The van der Waals surface area contributed by atoms with E-state index in [-0.39, 0.29) is 0 Å². The van der Waals surface area contributed by atoms with E-state index in [4.69, 9.17) is 11.6 Å². The van der Waals surface area contributed by atoms with Crippen LogP contribution in [0.3, 0.4) is 0 Å². The summed E-state index contributed by atoms with van der Waals surface area (Å²) >= 11 is 7.72. The molecular formula is C14H13ClN4S. The van der Waals surface area contributed by atoms with Crippen LogP contribution in [0.2, 0.25) is 5.02 Å². The van der Waals surface area contributed by atoms with E-state index in [9.17, 15) is 0 Å². The van der Waals surface area contributed by atoms with Crippen LogP contribution in [-0.4, -0.2) is 27.4 Å². The van der Waals surface area contributed by atoms with Crippen molar-refractivity contribution in [3.8, 4) is 0 Å². The Kier molecular flexibility index (Phi) is 4.18. The number of aromatic nitrogens is 2. The van der Waals surface area contributed by atoms with Crippen molar-refractivity contribution in [2.45, 2.75) is 6.54 Å². The van der Waals surface area contributed by atoms with Crippen LogP contribution in [0.5, 0.6) is 0 Å². The average molecular weight is 305 g/mol. The van der Waals surface area contributed by atoms with Gasteiger partial charge in [-0.3, -0.25) is 15.0 Å². The van der Waals surface area contributed by atoms with Crippen LogP contribution >= 0.6 is 23.4 Å². The molecule has 1 aromatic heterocycles. The van der Waals surface area contributed by atoms with E-state index in [0.717, 1.165) is 33.9 Å². The SMILES string of the molecule is Clc1ccc(N(Cc2cnccn2)C2=NCCS2)cc1. The highest BCUT2D eigenvalue weighted by Crippen LogP contribution is 2.25. The minimum absolute atomic E-state index is 0.654. The molecule has 0 amide bonds. The van der Waals surface area contributed by atoms with Crippen molar-refractivity contribution in [3.63, 3.8) is 0 Å². The van der Waals surface area contributed by atoms with Crippen LogP contribution < -0.4 is 4.90 Å². The number of amidine groups is 1. The van der Waals surface area contributed by atoms with E-state index >= 15 is 0 Å². The highest BCUT2D eigenvalue weighted by atomic mass is 35.5. The summed E-state index contributed by atoms with van der Waals surface area (Å²) in [6.45, 7) is 1.52. The molecule has 0 unspecified atom stereocenters. The quantitative estimate of drug-likeness (QED) is 0.873. The molecule has 0 N–H and O–H groups in total. The van der Waals surface area contributed by atoms with Gasteiger partial charge in [0.05, 0.1) is 25.0 Å². The summed E-state index contributed by atoms with van der Waals surface area (Å²) < 4.78 is 0. The molecule has 0 spiro atoms. The number of hydrogen-bond donors (Lipinski definition) is 0. The number of hydrogen-bond acceptors (Lipinski definition) is 5. The lowest BCUT2D eigenvalue weighted by Crippen LogP contribution is -2.27. The normalized spacial score (nSPS) is 14.2. The van der Waals surface area contributed by atoms with E-state index in [2.05, 4.69) is 19.9 Å². The van der Waals surface area contributed by atoms with Crippen molar-refractivity contribution in [2.24, 2.45) is 4.99 Å². The number of nitrogens with zero attached hydrogens (tertiary/aromatic N) is 4. The van der Waals surface area contributed by atoms with Gasteiger partial charge in [-0.05, 0) is 24.3 Å². The molecule has 0 aliphatic carbocycles. The van der Waals surface area contributed by atoms with Gasteiger partial charge in [0.15, 0.2) is 5.17 Å². The van der Waals surface area contributed by atoms with E-state index in [1.54, 1.807) is 30.4 Å². The van der Waals surface area contributed by atoms with Crippen molar-refractivity contribution < 1.29 is 0 Å². The van der Waals surface area contributed by atoms with Crippen LogP contribution in [0.4, 0.5) is 5.69 Å². The van der Waals surface area contributed by atoms with Crippen LogP contribution in [-0.2, 0) is 6.54 Å². The van der Waals surface area contributed by atoms with Crippen LogP contribution in [0, 0.1) is 0 Å². The lowest BCUT2D eigenvalue weighted by molar-refractivity contribution is 0.933. The topological polar surface area (TPSA) is 41.4 Å². The van der Waals surface area contributed by atoms with E-state index in [0.29, 0.717) is 6.54 Å². The van der Waals surface area contributed by atoms with Crippen LogP contribution in [0.1, 0.15) is 5.69 Å². The summed E-state index contributed by atoms with van der Waals surface area (Å²) in [4.78, 5) is 15.2. The average Bonchev–Trinajstić information content (AvgIpc) is 3.01. The van der Waals surface area contributed by atoms with Gasteiger partial charge in [-0.15, -0.1) is 0 Å². The second-order valence-electron chi connectivity index (χ2n) is 4.27. The molecule has 20 heavy (non-hydrogen) atoms. The Morgan fingerprint density at radius 3 is 2.70 bits per heavy atom. The number of halogens is 1. The van der Waals surface area contributed by atoms with E-state index < -0.39 is 0 Å². The van der Waals surface area contributed by atoms with Crippen molar-refractivity contribution >= 4 is 34.2 Å². The van der Waals surface area contributed by atoms with Gasteiger partial charge in [0.2, 0.25) is 0 Å². The summed E-state index contributed by atoms with van der Waals surface area (Å²) in [6.07, 6.45) is 5.17. The molecule has 4 nitrogen and oxygen atoms in total. The maximum atomic E-state index is 5.96. The Morgan fingerprint density at radius 1 is 1.20 bits per heavy atom. The number of aliphatic imine (C=N–C) groups is 1. The number of anilines is 1. The first-order valence-electron chi connectivity index (χ1n) is 6.28. The van der Waals surface area contributed by atoms with Crippen molar-refractivity contribution in [1.82, 2.24) is 9.97 Å². The Morgan fingerprint density at radius 2 is 2.05 bits per heavy atom. The fraction of sp³-hybridized carbons (Fsp3) is 0.214. The van der Waals surface area contributed by atoms with E-state index in [1.165, 1.54) is 0 Å². The molecule has 1 aromatic carbocycles. The molecule has 0 fully saturated rings. The maximum absolute atomic E-state index is 5.96. The van der Waals surface area contributed by atoms with Gasteiger partial charge in [-0.25, -0.2) is 0 Å². The monoisotopic (exact) mass is 304 g/mol. The van der Waals surface area contributed by atoms with Crippen molar-refractivity contribution in [1.29, 1.82) is 0 Å². The predicted octanol–water partition coefficient (Wildman–Crippen LogP) is 3.24. The number of benzene rings is 1. The molecule has 1 aliphatic rings.